The smallest absolute Gasteiger partial charge is 0.306 e. The maximum atomic E-state index is 14.2. The molecule has 3 N–H and O–H groups in total. The molecule has 0 radical (unpaired) electrons. The first-order valence-corrected chi connectivity index (χ1v) is 14.9. The fourth-order valence-corrected chi connectivity index (χ4v) is 5.47. The van der Waals surface area contributed by atoms with E-state index >= 15 is 0 Å². The van der Waals surface area contributed by atoms with Gasteiger partial charge >= 0.3 is 5.97 Å². The van der Waals surface area contributed by atoms with Crippen molar-refractivity contribution < 1.29 is 34.0 Å². The Labute approximate surface area is 248 Å². The van der Waals surface area contributed by atoms with Crippen LogP contribution < -0.4 is 10.1 Å². The van der Waals surface area contributed by atoms with E-state index in [4.69, 9.17) is 24.3 Å². The van der Waals surface area contributed by atoms with Crippen LogP contribution in [0.25, 0.3) is 0 Å². The molecule has 9 heteroatoms. The van der Waals surface area contributed by atoms with Gasteiger partial charge in [0, 0.05) is 31.6 Å². The lowest BCUT2D eigenvalue weighted by molar-refractivity contribution is -0.155. The molecule has 1 aliphatic carbocycles. The number of hydrogen-bond acceptors (Lipinski definition) is 8. The Balaban J connectivity index is 1.68. The van der Waals surface area contributed by atoms with Crippen molar-refractivity contribution in [1.82, 2.24) is 5.32 Å². The Hall–Kier alpha value is -3.43. The summed E-state index contributed by atoms with van der Waals surface area (Å²) in [5, 5.41) is 23.1. The number of aliphatic hydroxyl groups is 2. The highest BCUT2D eigenvalue weighted by atomic mass is 16.6. The maximum absolute atomic E-state index is 14.2. The van der Waals surface area contributed by atoms with Crippen LogP contribution in [0.4, 0.5) is 0 Å². The summed E-state index contributed by atoms with van der Waals surface area (Å²) in [5.41, 5.74) is -1.72. The topological polar surface area (TPSA) is 127 Å². The van der Waals surface area contributed by atoms with Gasteiger partial charge in [0.25, 0.3) is 5.91 Å². The maximum Gasteiger partial charge on any atom is 0.306 e. The van der Waals surface area contributed by atoms with Crippen LogP contribution in [0.3, 0.4) is 0 Å². The van der Waals surface area contributed by atoms with Crippen molar-refractivity contribution in [2.24, 2.45) is 4.99 Å². The molecule has 1 heterocycles. The average Bonchev–Trinajstić information content (AvgIpc) is 3.36. The van der Waals surface area contributed by atoms with Crippen molar-refractivity contribution >= 4 is 17.8 Å². The van der Waals surface area contributed by atoms with Gasteiger partial charge in [0.2, 0.25) is 5.90 Å². The van der Waals surface area contributed by atoms with Crippen LogP contribution in [-0.4, -0.2) is 64.5 Å². The number of nitrogens with one attached hydrogen (secondary N) is 1. The lowest BCUT2D eigenvalue weighted by Crippen LogP contribution is -2.53. The van der Waals surface area contributed by atoms with Gasteiger partial charge in [-0.25, -0.2) is 4.99 Å². The number of aliphatic hydroxyl groups excluding tert-OH is 1. The van der Waals surface area contributed by atoms with E-state index in [1.54, 1.807) is 32.9 Å². The van der Waals surface area contributed by atoms with Crippen molar-refractivity contribution in [3.63, 3.8) is 0 Å². The van der Waals surface area contributed by atoms with E-state index in [0.29, 0.717) is 37.2 Å². The quantitative estimate of drug-likeness (QED) is 0.247. The zero-order valence-corrected chi connectivity index (χ0v) is 24.9. The number of benzene rings is 2. The van der Waals surface area contributed by atoms with E-state index in [1.807, 2.05) is 42.5 Å². The number of nitrogens with zero attached hydrogens (tertiary/aromatic N) is 1. The van der Waals surface area contributed by atoms with Crippen LogP contribution in [0.1, 0.15) is 89.4 Å². The second-order valence-electron chi connectivity index (χ2n) is 12.3. The third-order valence-corrected chi connectivity index (χ3v) is 7.62. The molecular formula is C33H44N2O7. The lowest BCUT2D eigenvalue weighted by atomic mass is 9.82. The predicted octanol–water partition coefficient (Wildman–Crippen LogP) is 4.64. The lowest BCUT2D eigenvalue weighted by Gasteiger charge is -2.35. The van der Waals surface area contributed by atoms with Gasteiger partial charge in [0.05, 0.1) is 12.2 Å². The molecule has 2 aliphatic rings. The molecular weight excluding hydrogens is 536 g/mol. The summed E-state index contributed by atoms with van der Waals surface area (Å²) in [6, 6.07) is 16.6. The molecule has 2 aromatic rings. The van der Waals surface area contributed by atoms with Gasteiger partial charge in [-0.1, -0.05) is 49.6 Å². The summed E-state index contributed by atoms with van der Waals surface area (Å²) >= 11 is 0. The molecule has 228 valence electrons. The van der Waals surface area contributed by atoms with Crippen molar-refractivity contribution in [2.75, 3.05) is 19.8 Å². The minimum absolute atomic E-state index is 0.0456. The van der Waals surface area contributed by atoms with Gasteiger partial charge in [-0.05, 0) is 69.9 Å². The number of carbonyl (C=O) groups excluding carboxylic acids is 2. The first kappa shape index (κ1) is 31.5. The number of ether oxygens (including phenoxy) is 3. The van der Waals surface area contributed by atoms with Crippen LogP contribution in [-0.2, 0) is 19.1 Å². The number of esters is 1. The molecule has 1 aliphatic heterocycles. The van der Waals surface area contributed by atoms with Gasteiger partial charge < -0.3 is 29.7 Å². The number of aliphatic imine (C=N–C) groups is 1. The number of carbonyl (C=O) groups is 2. The third-order valence-electron chi connectivity index (χ3n) is 7.62. The Kier molecular flexibility index (Phi) is 10.3. The molecule has 2 atom stereocenters. The fourth-order valence-electron chi connectivity index (χ4n) is 5.47. The van der Waals surface area contributed by atoms with Gasteiger partial charge in [0.1, 0.15) is 11.4 Å². The van der Waals surface area contributed by atoms with Crippen molar-refractivity contribution in [2.45, 2.75) is 95.0 Å². The first-order chi connectivity index (χ1) is 20.0. The van der Waals surface area contributed by atoms with Gasteiger partial charge in [0.15, 0.2) is 11.6 Å². The van der Waals surface area contributed by atoms with Crippen LogP contribution in [0.15, 0.2) is 59.6 Å². The molecule has 1 fully saturated rings. The standard InChI is InChI=1S/C33H44N2O7/c1-31(2,3)42-27(37)17-20-33(30(38)34-23-32(39)18-8-5-9-19-32)28(24-11-6-4-7-12-24)41-29(35-33)25-13-15-26(16-14-25)40-22-10-21-36/h4,6-7,11-16,28,36,39H,5,8-10,17-23H2,1-3H3,(H,34,38)/t28-,33-/m1/s1. The van der Waals surface area contributed by atoms with E-state index in [-0.39, 0.29) is 31.9 Å². The minimum Gasteiger partial charge on any atom is -0.494 e. The molecule has 42 heavy (non-hydrogen) atoms. The van der Waals surface area contributed by atoms with Crippen LogP contribution >= 0.6 is 0 Å². The predicted molar refractivity (Wildman–Crippen MR) is 159 cm³/mol. The van der Waals surface area contributed by atoms with Crippen LogP contribution in [0.5, 0.6) is 5.75 Å². The number of amides is 1. The Bertz CT molecular complexity index is 1220. The summed E-state index contributed by atoms with van der Waals surface area (Å²) < 4.78 is 17.7. The molecule has 1 saturated carbocycles. The molecule has 9 nitrogen and oxygen atoms in total. The van der Waals surface area contributed by atoms with E-state index in [0.717, 1.165) is 24.8 Å². The van der Waals surface area contributed by atoms with Gasteiger partial charge in [-0.15, -0.1) is 0 Å². The Morgan fingerprint density at radius 1 is 1.05 bits per heavy atom. The Morgan fingerprint density at radius 3 is 2.38 bits per heavy atom. The van der Waals surface area contributed by atoms with Crippen molar-refractivity contribution in [3.05, 3.63) is 65.7 Å². The van der Waals surface area contributed by atoms with Crippen molar-refractivity contribution in [1.29, 1.82) is 0 Å². The van der Waals surface area contributed by atoms with E-state index in [1.165, 1.54) is 0 Å². The van der Waals surface area contributed by atoms with Crippen molar-refractivity contribution in [3.8, 4) is 5.75 Å². The zero-order valence-electron chi connectivity index (χ0n) is 24.9. The normalized spacial score (nSPS) is 21.6. The molecule has 1 amide bonds. The molecule has 0 saturated heterocycles. The second kappa shape index (κ2) is 13.7. The fraction of sp³-hybridized carbons (Fsp3) is 0.545. The van der Waals surface area contributed by atoms with E-state index < -0.39 is 34.7 Å². The zero-order chi connectivity index (χ0) is 30.2. The molecule has 0 spiro atoms. The number of rotatable bonds is 12. The molecule has 0 bridgehead atoms. The highest BCUT2D eigenvalue weighted by Gasteiger charge is 2.53. The first-order valence-electron chi connectivity index (χ1n) is 14.9. The summed E-state index contributed by atoms with van der Waals surface area (Å²) in [6.07, 6.45) is 3.86. The van der Waals surface area contributed by atoms with E-state index in [2.05, 4.69) is 5.32 Å². The number of hydrogen-bond donors (Lipinski definition) is 3. The minimum atomic E-state index is -1.48. The second-order valence-corrected chi connectivity index (χ2v) is 12.3. The largest absolute Gasteiger partial charge is 0.494 e. The van der Waals surface area contributed by atoms with Crippen LogP contribution in [0.2, 0.25) is 0 Å². The summed E-state index contributed by atoms with van der Waals surface area (Å²) in [4.78, 5) is 32.0. The monoisotopic (exact) mass is 580 g/mol. The highest BCUT2D eigenvalue weighted by molar-refractivity contribution is 6.01. The Morgan fingerprint density at radius 2 is 1.74 bits per heavy atom. The summed E-state index contributed by atoms with van der Waals surface area (Å²) in [7, 11) is 0. The van der Waals surface area contributed by atoms with E-state index in [9.17, 15) is 14.7 Å². The highest BCUT2D eigenvalue weighted by Crippen LogP contribution is 2.43. The third kappa shape index (κ3) is 8.10. The summed E-state index contributed by atoms with van der Waals surface area (Å²) in [6.45, 7) is 5.95. The molecule has 0 aromatic heterocycles. The molecule has 4 rings (SSSR count). The SMILES string of the molecule is CC(C)(C)OC(=O)CC[C@@]1(C(=O)NCC2(O)CCCCC2)N=C(c2ccc(OCCCO)cc2)O[C@@H]1c1ccccc1. The average molecular weight is 581 g/mol. The van der Waals surface area contributed by atoms with Crippen LogP contribution in [0, 0.1) is 0 Å². The molecule has 2 aromatic carbocycles. The van der Waals surface area contributed by atoms with Gasteiger partial charge in [-0.2, -0.15) is 0 Å². The summed E-state index contributed by atoms with van der Waals surface area (Å²) in [5.74, 6) is 0.0832. The molecule has 0 unspecified atom stereocenters. The van der Waals surface area contributed by atoms with Gasteiger partial charge in [-0.3, -0.25) is 9.59 Å².